The quantitative estimate of drug-likeness (QED) is 0.456. The van der Waals surface area contributed by atoms with Crippen molar-refractivity contribution in [2.24, 2.45) is 0 Å². The Morgan fingerprint density at radius 2 is 1.73 bits per heavy atom. The second-order valence-corrected chi connectivity index (χ2v) is 9.03. The third kappa shape index (κ3) is 5.15. The minimum atomic E-state index is -1.40. The standard InChI is InChI=1S/C26H25N7O2.C2H6/c1-26(2,35)25(34)32-12-10-31(11-13-32)23-22-20(19-6-4-3-5-7-19)16-33(24(22)30-17-29-23)21-14-18(15-27)8-9-28-21;1-2/h3-9,14,16-17,35H,10-13H2,1-2H3;1-2H3. The van der Waals surface area contributed by atoms with Crippen molar-refractivity contribution < 1.29 is 9.90 Å². The van der Waals surface area contributed by atoms with Crippen molar-refractivity contribution in [3.63, 3.8) is 0 Å². The van der Waals surface area contributed by atoms with Crippen LogP contribution in [0.5, 0.6) is 0 Å². The molecule has 1 fully saturated rings. The first-order chi connectivity index (χ1) is 17.9. The Bertz CT molecular complexity index is 1430. The van der Waals surface area contributed by atoms with E-state index in [1.807, 2.05) is 54.9 Å². The van der Waals surface area contributed by atoms with E-state index < -0.39 is 5.60 Å². The van der Waals surface area contributed by atoms with Gasteiger partial charge in [0.1, 0.15) is 23.6 Å². The summed E-state index contributed by atoms with van der Waals surface area (Å²) < 4.78 is 1.89. The number of piperazine rings is 1. The average Bonchev–Trinajstić information content (AvgIpc) is 3.34. The lowest BCUT2D eigenvalue weighted by molar-refractivity contribution is -0.148. The van der Waals surface area contributed by atoms with Crippen LogP contribution in [0.1, 0.15) is 33.3 Å². The highest BCUT2D eigenvalue weighted by atomic mass is 16.3. The van der Waals surface area contributed by atoms with E-state index in [4.69, 9.17) is 0 Å². The van der Waals surface area contributed by atoms with Crippen LogP contribution in [0, 0.1) is 11.3 Å². The molecule has 1 amide bonds. The number of nitrogens with zero attached hydrogens (tertiary/aromatic N) is 7. The zero-order chi connectivity index (χ0) is 26.6. The van der Waals surface area contributed by atoms with E-state index in [9.17, 15) is 15.2 Å². The number of benzene rings is 1. The van der Waals surface area contributed by atoms with Gasteiger partial charge in [0.05, 0.1) is 17.0 Å². The molecule has 0 bridgehead atoms. The predicted molar refractivity (Wildman–Crippen MR) is 143 cm³/mol. The molecule has 0 saturated carbocycles. The van der Waals surface area contributed by atoms with E-state index in [0.29, 0.717) is 43.2 Å². The van der Waals surface area contributed by atoms with Crippen molar-refractivity contribution in [3.8, 4) is 23.0 Å². The van der Waals surface area contributed by atoms with Gasteiger partial charge in [-0.25, -0.2) is 15.0 Å². The molecule has 0 radical (unpaired) electrons. The topological polar surface area (TPSA) is 111 Å². The van der Waals surface area contributed by atoms with Gasteiger partial charge in [-0.05, 0) is 31.5 Å². The molecule has 1 aliphatic heterocycles. The number of aromatic nitrogens is 4. The van der Waals surface area contributed by atoms with E-state index >= 15 is 0 Å². The van der Waals surface area contributed by atoms with Gasteiger partial charge < -0.3 is 14.9 Å². The summed E-state index contributed by atoms with van der Waals surface area (Å²) >= 11 is 0. The zero-order valence-electron chi connectivity index (χ0n) is 21.6. The van der Waals surface area contributed by atoms with Gasteiger partial charge >= 0.3 is 0 Å². The van der Waals surface area contributed by atoms with Crippen molar-refractivity contribution in [1.29, 1.82) is 5.26 Å². The Labute approximate surface area is 216 Å². The normalized spacial score (nSPS) is 13.6. The first-order valence-electron chi connectivity index (χ1n) is 12.4. The second kappa shape index (κ2) is 10.8. The predicted octanol–water partition coefficient (Wildman–Crippen LogP) is 3.80. The molecule has 1 aromatic carbocycles. The number of nitriles is 1. The summed E-state index contributed by atoms with van der Waals surface area (Å²) in [6.45, 7) is 9.16. The SMILES string of the molecule is CC.CC(C)(O)C(=O)N1CCN(c2ncnc3c2c(-c2ccccc2)cn3-c2cc(C#N)ccn2)CC1. The van der Waals surface area contributed by atoms with Crippen LogP contribution in [-0.4, -0.2) is 67.2 Å². The number of amides is 1. The molecule has 9 heteroatoms. The Balaban J connectivity index is 0.00000156. The van der Waals surface area contributed by atoms with Gasteiger partial charge in [0.25, 0.3) is 5.91 Å². The van der Waals surface area contributed by atoms with Crippen LogP contribution in [0.25, 0.3) is 28.0 Å². The number of pyridine rings is 1. The van der Waals surface area contributed by atoms with Gasteiger partial charge in [0.2, 0.25) is 0 Å². The smallest absolute Gasteiger partial charge is 0.254 e. The highest BCUT2D eigenvalue weighted by molar-refractivity contribution is 6.02. The van der Waals surface area contributed by atoms with Crippen LogP contribution in [0.15, 0.2) is 61.2 Å². The van der Waals surface area contributed by atoms with Crippen LogP contribution in [0.4, 0.5) is 5.82 Å². The number of anilines is 1. The van der Waals surface area contributed by atoms with Crippen molar-refractivity contribution in [2.75, 3.05) is 31.1 Å². The summed E-state index contributed by atoms with van der Waals surface area (Å²) in [7, 11) is 0. The van der Waals surface area contributed by atoms with E-state index in [1.165, 1.54) is 20.2 Å². The number of aliphatic hydroxyl groups is 1. The molecule has 4 heterocycles. The minimum absolute atomic E-state index is 0.274. The van der Waals surface area contributed by atoms with Crippen LogP contribution in [0.3, 0.4) is 0 Å². The second-order valence-electron chi connectivity index (χ2n) is 9.03. The first-order valence-corrected chi connectivity index (χ1v) is 12.4. The average molecular weight is 498 g/mol. The summed E-state index contributed by atoms with van der Waals surface area (Å²) in [6.07, 6.45) is 5.13. The molecule has 0 atom stereocenters. The first kappa shape index (κ1) is 25.8. The summed E-state index contributed by atoms with van der Waals surface area (Å²) in [5.74, 6) is 1.10. The summed E-state index contributed by atoms with van der Waals surface area (Å²) in [5, 5.41) is 20.4. The number of carbonyl (C=O) groups excluding carboxylic acids is 1. The van der Waals surface area contributed by atoms with Gasteiger partial charge in [-0.1, -0.05) is 44.2 Å². The van der Waals surface area contributed by atoms with Crippen LogP contribution in [-0.2, 0) is 4.79 Å². The van der Waals surface area contributed by atoms with Gasteiger partial charge in [-0.3, -0.25) is 9.36 Å². The number of hydrogen-bond donors (Lipinski definition) is 1. The van der Waals surface area contributed by atoms with Crippen molar-refractivity contribution in [1.82, 2.24) is 24.4 Å². The van der Waals surface area contributed by atoms with Crippen molar-refractivity contribution in [3.05, 3.63) is 66.7 Å². The molecule has 3 aromatic heterocycles. The lowest BCUT2D eigenvalue weighted by atomic mass is 10.1. The van der Waals surface area contributed by atoms with E-state index in [1.54, 1.807) is 23.2 Å². The molecule has 9 nitrogen and oxygen atoms in total. The molecule has 1 aliphatic rings. The van der Waals surface area contributed by atoms with E-state index in [2.05, 4.69) is 25.9 Å². The Hall–Kier alpha value is -4.29. The largest absolute Gasteiger partial charge is 0.381 e. The van der Waals surface area contributed by atoms with Crippen LogP contribution < -0.4 is 4.90 Å². The highest BCUT2D eigenvalue weighted by Gasteiger charge is 2.32. The summed E-state index contributed by atoms with van der Waals surface area (Å²) in [4.78, 5) is 30.1. The monoisotopic (exact) mass is 497 g/mol. The number of carbonyl (C=O) groups is 1. The van der Waals surface area contributed by atoms with Gasteiger partial charge in [0.15, 0.2) is 5.65 Å². The van der Waals surface area contributed by atoms with Gasteiger partial charge in [0, 0.05) is 44.1 Å². The molecule has 0 aliphatic carbocycles. The molecular weight excluding hydrogens is 466 g/mol. The molecule has 0 unspecified atom stereocenters. The molecule has 1 saturated heterocycles. The maximum atomic E-state index is 12.5. The minimum Gasteiger partial charge on any atom is -0.381 e. The molecular formula is C28H31N7O2. The molecule has 37 heavy (non-hydrogen) atoms. The van der Waals surface area contributed by atoms with E-state index in [-0.39, 0.29) is 5.91 Å². The van der Waals surface area contributed by atoms with Gasteiger partial charge in [-0.15, -0.1) is 0 Å². The molecule has 5 rings (SSSR count). The molecule has 1 N–H and O–H groups in total. The Morgan fingerprint density at radius 3 is 2.38 bits per heavy atom. The number of fused-ring (bicyclic) bond motifs is 1. The maximum absolute atomic E-state index is 12.5. The molecule has 0 spiro atoms. The van der Waals surface area contributed by atoms with Crippen LogP contribution >= 0.6 is 0 Å². The Kier molecular flexibility index (Phi) is 7.50. The summed E-state index contributed by atoms with van der Waals surface area (Å²) in [6, 6.07) is 15.6. The molecule has 4 aromatic rings. The fourth-order valence-corrected chi connectivity index (χ4v) is 4.42. The number of rotatable bonds is 4. The van der Waals surface area contributed by atoms with Gasteiger partial charge in [-0.2, -0.15) is 5.26 Å². The zero-order valence-corrected chi connectivity index (χ0v) is 21.6. The third-order valence-corrected chi connectivity index (χ3v) is 6.16. The van der Waals surface area contributed by atoms with Crippen LogP contribution in [0.2, 0.25) is 0 Å². The summed E-state index contributed by atoms with van der Waals surface area (Å²) in [5.41, 5.74) is 1.77. The maximum Gasteiger partial charge on any atom is 0.254 e. The lowest BCUT2D eigenvalue weighted by Crippen LogP contribution is -2.54. The Morgan fingerprint density at radius 1 is 1.03 bits per heavy atom. The highest BCUT2D eigenvalue weighted by Crippen LogP contribution is 2.36. The van der Waals surface area contributed by atoms with Crippen molar-refractivity contribution in [2.45, 2.75) is 33.3 Å². The third-order valence-electron chi connectivity index (χ3n) is 6.16. The number of hydrogen-bond acceptors (Lipinski definition) is 7. The van der Waals surface area contributed by atoms with E-state index in [0.717, 1.165) is 22.3 Å². The fourth-order valence-electron chi connectivity index (χ4n) is 4.42. The molecule has 190 valence electrons. The fraction of sp³-hybridized carbons (Fsp3) is 0.321. The van der Waals surface area contributed by atoms with Crippen molar-refractivity contribution >= 4 is 22.8 Å². The lowest BCUT2D eigenvalue weighted by Gasteiger charge is -2.37.